The molecule has 1 aromatic heterocycles. The lowest BCUT2D eigenvalue weighted by Gasteiger charge is -2.12. The lowest BCUT2D eigenvalue weighted by molar-refractivity contribution is -0.116. The largest absolute Gasteiger partial charge is 0.493 e. The highest BCUT2D eigenvalue weighted by Gasteiger charge is 2.16. The third-order valence-electron chi connectivity index (χ3n) is 5.07. The third-order valence-corrected chi connectivity index (χ3v) is 5.07. The monoisotopic (exact) mass is 385 g/mol. The Morgan fingerprint density at radius 2 is 1.86 bits per heavy atom. The van der Waals surface area contributed by atoms with Crippen molar-refractivity contribution in [3.05, 3.63) is 72.5 Å². The fraction of sp³-hybridized carbons (Fsp3) is 0.160. The van der Waals surface area contributed by atoms with Crippen molar-refractivity contribution >= 4 is 33.2 Å². The standard InChI is InChI=1S/C25H23NO3/c1-4-28-23-14-24-21(13-20(23)16(2)12-25(27)26-3)22(15-29-24)19-11-7-9-17-8-5-6-10-18(17)19/h5-15H,4H2,1-3H3,(H,26,27)/b16-12+. The molecule has 0 fully saturated rings. The molecule has 0 aliphatic heterocycles. The van der Waals surface area contributed by atoms with Crippen LogP contribution < -0.4 is 10.1 Å². The van der Waals surface area contributed by atoms with E-state index in [1.807, 2.05) is 32.0 Å². The Bertz CT molecular complexity index is 1230. The maximum absolute atomic E-state index is 11.9. The SMILES string of the molecule is CCOc1cc2occ(-c3cccc4ccccc34)c2cc1/C(C)=C/C(=O)NC. The Morgan fingerprint density at radius 3 is 2.66 bits per heavy atom. The molecule has 4 aromatic rings. The molecule has 0 aliphatic rings. The van der Waals surface area contributed by atoms with Crippen molar-refractivity contribution in [1.29, 1.82) is 0 Å². The number of amides is 1. The summed E-state index contributed by atoms with van der Waals surface area (Å²) >= 11 is 0. The van der Waals surface area contributed by atoms with Gasteiger partial charge in [-0.3, -0.25) is 4.79 Å². The maximum Gasteiger partial charge on any atom is 0.244 e. The topological polar surface area (TPSA) is 51.5 Å². The predicted octanol–water partition coefficient (Wildman–Crippen LogP) is 5.80. The number of carbonyl (C=O) groups excluding carboxylic acids is 1. The van der Waals surface area contributed by atoms with E-state index in [4.69, 9.17) is 9.15 Å². The number of allylic oxidation sites excluding steroid dienone is 1. The summed E-state index contributed by atoms with van der Waals surface area (Å²) in [6.07, 6.45) is 3.38. The van der Waals surface area contributed by atoms with Gasteiger partial charge in [-0.1, -0.05) is 42.5 Å². The van der Waals surface area contributed by atoms with Crippen molar-refractivity contribution in [1.82, 2.24) is 5.32 Å². The zero-order chi connectivity index (χ0) is 20.4. The first-order chi connectivity index (χ1) is 14.1. The van der Waals surface area contributed by atoms with Crippen LogP contribution in [0.1, 0.15) is 19.4 Å². The molecule has 0 saturated heterocycles. The fourth-order valence-electron chi connectivity index (χ4n) is 3.65. The molecule has 146 valence electrons. The predicted molar refractivity (Wildman–Crippen MR) is 118 cm³/mol. The van der Waals surface area contributed by atoms with E-state index in [2.05, 4.69) is 41.7 Å². The van der Waals surface area contributed by atoms with Gasteiger partial charge in [-0.2, -0.15) is 0 Å². The summed E-state index contributed by atoms with van der Waals surface area (Å²) < 4.78 is 11.7. The number of ether oxygens (including phenoxy) is 1. The van der Waals surface area contributed by atoms with E-state index >= 15 is 0 Å². The first-order valence-corrected chi connectivity index (χ1v) is 9.69. The average Bonchev–Trinajstić information content (AvgIpc) is 3.15. The van der Waals surface area contributed by atoms with Gasteiger partial charge in [0.15, 0.2) is 0 Å². The summed E-state index contributed by atoms with van der Waals surface area (Å²) in [5, 5.41) is 5.98. The molecule has 29 heavy (non-hydrogen) atoms. The number of hydrogen-bond acceptors (Lipinski definition) is 3. The molecular formula is C25H23NO3. The van der Waals surface area contributed by atoms with Gasteiger partial charge >= 0.3 is 0 Å². The van der Waals surface area contributed by atoms with E-state index in [0.717, 1.165) is 33.2 Å². The van der Waals surface area contributed by atoms with E-state index in [1.54, 1.807) is 19.4 Å². The lowest BCUT2D eigenvalue weighted by Crippen LogP contribution is -2.14. The van der Waals surface area contributed by atoms with Gasteiger partial charge < -0.3 is 14.5 Å². The van der Waals surface area contributed by atoms with Crippen LogP contribution in [-0.2, 0) is 4.79 Å². The van der Waals surface area contributed by atoms with Crippen molar-refractivity contribution in [3.8, 4) is 16.9 Å². The molecule has 0 unspecified atom stereocenters. The summed E-state index contributed by atoms with van der Waals surface area (Å²) in [7, 11) is 1.62. The second-order valence-corrected chi connectivity index (χ2v) is 6.90. The Morgan fingerprint density at radius 1 is 1.07 bits per heavy atom. The smallest absolute Gasteiger partial charge is 0.244 e. The third kappa shape index (κ3) is 3.49. The van der Waals surface area contributed by atoms with Crippen LogP contribution in [0.15, 0.2) is 71.4 Å². The minimum Gasteiger partial charge on any atom is -0.493 e. The minimum absolute atomic E-state index is 0.147. The van der Waals surface area contributed by atoms with Crippen LogP contribution in [0, 0.1) is 0 Å². The Balaban J connectivity index is 1.95. The van der Waals surface area contributed by atoms with Gasteiger partial charge in [0.05, 0.1) is 12.9 Å². The number of nitrogens with one attached hydrogen (secondary N) is 1. The summed E-state index contributed by atoms with van der Waals surface area (Å²) in [6, 6.07) is 18.5. The van der Waals surface area contributed by atoms with Crippen LogP contribution >= 0.6 is 0 Å². The van der Waals surface area contributed by atoms with Crippen LogP contribution in [0.3, 0.4) is 0 Å². The van der Waals surface area contributed by atoms with E-state index in [1.165, 1.54) is 10.8 Å². The molecule has 1 amide bonds. The quantitative estimate of drug-likeness (QED) is 0.442. The van der Waals surface area contributed by atoms with Crippen molar-refractivity contribution in [2.45, 2.75) is 13.8 Å². The van der Waals surface area contributed by atoms with Crippen LogP contribution in [-0.4, -0.2) is 19.6 Å². The van der Waals surface area contributed by atoms with Gasteiger partial charge in [0.1, 0.15) is 11.3 Å². The number of hydrogen-bond donors (Lipinski definition) is 1. The van der Waals surface area contributed by atoms with E-state index in [0.29, 0.717) is 12.4 Å². The molecule has 0 bridgehead atoms. The van der Waals surface area contributed by atoms with E-state index < -0.39 is 0 Å². The molecule has 4 nitrogen and oxygen atoms in total. The first-order valence-electron chi connectivity index (χ1n) is 9.69. The molecule has 1 heterocycles. The fourth-order valence-corrected chi connectivity index (χ4v) is 3.65. The van der Waals surface area contributed by atoms with Gasteiger partial charge in [0.25, 0.3) is 0 Å². The second kappa shape index (κ2) is 7.84. The zero-order valence-corrected chi connectivity index (χ0v) is 16.8. The Hall–Kier alpha value is -3.53. The molecule has 0 aliphatic carbocycles. The summed E-state index contributed by atoms with van der Waals surface area (Å²) in [4.78, 5) is 11.9. The van der Waals surface area contributed by atoms with Gasteiger partial charge in [0.2, 0.25) is 5.91 Å². The number of rotatable bonds is 5. The highest BCUT2D eigenvalue weighted by Crippen LogP contribution is 2.39. The average molecular weight is 385 g/mol. The van der Waals surface area contributed by atoms with Crippen molar-refractivity contribution < 1.29 is 13.9 Å². The summed E-state index contributed by atoms with van der Waals surface area (Å²) in [6.45, 7) is 4.38. The second-order valence-electron chi connectivity index (χ2n) is 6.90. The normalized spacial score (nSPS) is 11.8. The van der Waals surface area contributed by atoms with Crippen LogP contribution in [0.2, 0.25) is 0 Å². The van der Waals surface area contributed by atoms with Crippen LogP contribution in [0.4, 0.5) is 0 Å². The van der Waals surface area contributed by atoms with Crippen molar-refractivity contribution in [3.63, 3.8) is 0 Å². The number of furan rings is 1. The molecule has 0 spiro atoms. The minimum atomic E-state index is -0.147. The van der Waals surface area contributed by atoms with Gasteiger partial charge in [-0.25, -0.2) is 0 Å². The zero-order valence-electron chi connectivity index (χ0n) is 16.8. The van der Waals surface area contributed by atoms with E-state index in [9.17, 15) is 4.79 Å². The number of likely N-dealkylation sites (N-methyl/N-ethyl adjacent to an activating group) is 1. The summed E-state index contributed by atoms with van der Waals surface area (Å²) in [5.74, 6) is 0.558. The lowest BCUT2D eigenvalue weighted by atomic mass is 9.96. The van der Waals surface area contributed by atoms with Crippen LogP contribution in [0.5, 0.6) is 5.75 Å². The Labute approximate surface area is 169 Å². The van der Waals surface area contributed by atoms with Crippen molar-refractivity contribution in [2.24, 2.45) is 0 Å². The Kier molecular flexibility index (Phi) is 5.09. The molecule has 3 aromatic carbocycles. The molecule has 4 heteroatoms. The molecule has 0 atom stereocenters. The highest BCUT2D eigenvalue weighted by molar-refractivity contribution is 6.06. The molecule has 4 rings (SSSR count). The van der Waals surface area contributed by atoms with E-state index in [-0.39, 0.29) is 5.91 Å². The van der Waals surface area contributed by atoms with Gasteiger partial charge in [0, 0.05) is 35.7 Å². The number of carbonyl (C=O) groups is 1. The maximum atomic E-state index is 11.9. The highest BCUT2D eigenvalue weighted by atomic mass is 16.5. The van der Waals surface area contributed by atoms with Crippen molar-refractivity contribution in [2.75, 3.05) is 13.7 Å². The van der Waals surface area contributed by atoms with Gasteiger partial charge in [-0.05, 0) is 41.8 Å². The first kappa shape index (κ1) is 18.8. The molecule has 0 saturated carbocycles. The van der Waals surface area contributed by atoms with Gasteiger partial charge in [-0.15, -0.1) is 0 Å². The number of fused-ring (bicyclic) bond motifs is 2. The molecule has 0 radical (unpaired) electrons. The molecule has 1 N–H and O–H groups in total. The summed E-state index contributed by atoms with van der Waals surface area (Å²) in [5.41, 5.74) is 4.61. The molecular weight excluding hydrogens is 362 g/mol. The number of benzene rings is 3. The van der Waals surface area contributed by atoms with Crippen LogP contribution in [0.25, 0.3) is 38.4 Å².